The van der Waals surface area contributed by atoms with Gasteiger partial charge in [0.25, 0.3) is 0 Å². The van der Waals surface area contributed by atoms with E-state index in [9.17, 15) is 0 Å². The molecule has 2 aromatic rings. The van der Waals surface area contributed by atoms with E-state index in [1.807, 2.05) is 0 Å². The van der Waals surface area contributed by atoms with Gasteiger partial charge in [-0.3, -0.25) is 0 Å². The van der Waals surface area contributed by atoms with E-state index in [1.165, 1.54) is 29.6 Å². The molecule has 0 aliphatic carbocycles. The molecule has 0 N–H and O–H groups in total. The fraction of sp³-hybridized carbons (Fsp3) is 0.471. The second kappa shape index (κ2) is 5.72. The highest BCUT2D eigenvalue weighted by molar-refractivity contribution is 9.08. The van der Waals surface area contributed by atoms with E-state index in [4.69, 9.17) is 4.98 Å². The standard InChI is InChI=1S/C17H21BrN2/c1-12(2)16-8-5-9-20(16)17-14(11-18)10-13-6-3-4-7-15(13)19-17/h3-4,6-7,10,12,16H,5,8-9,11H2,1-2H3. The van der Waals surface area contributed by atoms with Crippen molar-refractivity contribution in [2.75, 3.05) is 11.4 Å². The maximum atomic E-state index is 4.96. The Morgan fingerprint density at radius 3 is 2.90 bits per heavy atom. The third-order valence-electron chi connectivity index (χ3n) is 4.26. The normalized spacial score (nSPS) is 19.2. The lowest BCUT2D eigenvalue weighted by molar-refractivity contribution is 0.489. The molecule has 1 aliphatic rings. The molecule has 1 aromatic carbocycles. The third kappa shape index (κ3) is 2.44. The predicted octanol–water partition coefficient (Wildman–Crippen LogP) is 4.75. The van der Waals surface area contributed by atoms with E-state index in [0.29, 0.717) is 12.0 Å². The molecule has 0 saturated carbocycles. The number of fused-ring (bicyclic) bond motifs is 1. The average molecular weight is 333 g/mol. The van der Waals surface area contributed by atoms with Crippen LogP contribution < -0.4 is 4.90 Å². The van der Waals surface area contributed by atoms with Gasteiger partial charge >= 0.3 is 0 Å². The second-order valence-corrected chi connectivity index (χ2v) is 6.51. The summed E-state index contributed by atoms with van der Waals surface area (Å²) in [5.74, 6) is 1.85. The summed E-state index contributed by atoms with van der Waals surface area (Å²) < 4.78 is 0. The van der Waals surface area contributed by atoms with Crippen LogP contribution in [0.25, 0.3) is 10.9 Å². The van der Waals surface area contributed by atoms with E-state index in [2.05, 4.69) is 65.0 Å². The minimum Gasteiger partial charge on any atom is -0.353 e. The van der Waals surface area contributed by atoms with Gasteiger partial charge in [0.15, 0.2) is 0 Å². The first-order chi connectivity index (χ1) is 9.70. The highest BCUT2D eigenvalue weighted by Crippen LogP contribution is 2.33. The predicted molar refractivity (Wildman–Crippen MR) is 89.6 cm³/mol. The molecule has 3 heteroatoms. The Morgan fingerprint density at radius 2 is 2.15 bits per heavy atom. The molecule has 1 aromatic heterocycles. The lowest BCUT2D eigenvalue weighted by Crippen LogP contribution is -2.34. The second-order valence-electron chi connectivity index (χ2n) is 5.94. The maximum absolute atomic E-state index is 4.96. The highest BCUT2D eigenvalue weighted by atomic mass is 79.9. The molecule has 0 amide bonds. The number of anilines is 1. The maximum Gasteiger partial charge on any atom is 0.133 e. The van der Waals surface area contributed by atoms with Crippen molar-refractivity contribution in [1.82, 2.24) is 4.98 Å². The van der Waals surface area contributed by atoms with Gasteiger partial charge in [-0.1, -0.05) is 48.0 Å². The van der Waals surface area contributed by atoms with Crippen LogP contribution in [-0.4, -0.2) is 17.6 Å². The Labute approximate surface area is 129 Å². The molecule has 1 atom stereocenters. The molecular weight excluding hydrogens is 312 g/mol. The van der Waals surface area contributed by atoms with Crippen molar-refractivity contribution in [2.45, 2.75) is 38.1 Å². The number of para-hydroxylation sites is 1. The van der Waals surface area contributed by atoms with Crippen molar-refractivity contribution in [1.29, 1.82) is 0 Å². The molecule has 2 nitrogen and oxygen atoms in total. The van der Waals surface area contributed by atoms with Crippen LogP contribution in [0.5, 0.6) is 0 Å². The van der Waals surface area contributed by atoms with Crippen molar-refractivity contribution in [3.63, 3.8) is 0 Å². The van der Waals surface area contributed by atoms with Gasteiger partial charge in [-0.25, -0.2) is 4.98 Å². The Balaban J connectivity index is 2.09. The zero-order valence-electron chi connectivity index (χ0n) is 12.1. The number of alkyl halides is 1. The van der Waals surface area contributed by atoms with E-state index >= 15 is 0 Å². The molecule has 0 radical (unpaired) electrons. The number of nitrogens with zero attached hydrogens (tertiary/aromatic N) is 2. The zero-order chi connectivity index (χ0) is 14.1. The summed E-state index contributed by atoms with van der Waals surface area (Å²) >= 11 is 3.63. The largest absolute Gasteiger partial charge is 0.353 e. The van der Waals surface area contributed by atoms with Gasteiger partial charge in [0.05, 0.1) is 5.52 Å². The van der Waals surface area contributed by atoms with Gasteiger partial charge < -0.3 is 4.90 Å². The van der Waals surface area contributed by atoms with Gasteiger partial charge in [-0.05, 0) is 30.9 Å². The average Bonchev–Trinajstić information content (AvgIpc) is 2.95. The van der Waals surface area contributed by atoms with Crippen molar-refractivity contribution in [2.24, 2.45) is 5.92 Å². The van der Waals surface area contributed by atoms with Gasteiger partial charge in [-0.2, -0.15) is 0 Å². The molecule has 1 fully saturated rings. The van der Waals surface area contributed by atoms with Crippen molar-refractivity contribution in [3.05, 3.63) is 35.9 Å². The quantitative estimate of drug-likeness (QED) is 0.753. The van der Waals surface area contributed by atoms with Crippen LogP contribution >= 0.6 is 15.9 Å². The van der Waals surface area contributed by atoms with E-state index in [0.717, 1.165) is 17.4 Å². The van der Waals surface area contributed by atoms with Gasteiger partial charge in [0, 0.05) is 28.9 Å². The van der Waals surface area contributed by atoms with Crippen molar-refractivity contribution in [3.8, 4) is 0 Å². The first-order valence-electron chi connectivity index (χ1n) is 7.42. The summed E-state index contributed by atoms with van der Waals surface area (Å²) in [7, 11) is 0. The summed E-state index contributed by atoms with van der Waals surface area (Å²) in [6.45, 7) is 5.77. The summed E-state index contributed by atoms with van der Waals surface area (Å²) in [6, 6.07) is 11.3. The monoisotopic (exact) mass is 332 g/mol. The minimum absolute atomic E-state index is 0.626. The molecule has 1 unspecified atom stereocenters. The van der Waals surface area contributed by atoms with Crippen LogP contribution in [0, 0.1) is 5.92 Å². The Morgan fingerprint density at radius 1 is 1.35 bits per heavy atom. The van der Waals surface area contributed by atoms with E-state index < -0.39 is 0 Å². The van der Waals surface area contributed by atoms with Crippen molar-refractivity contribution >= 4 is 32.7 Å². The number of benzene rings is 1. The van der Waals surface area contributed by atoms with Crippen molar-refractivity contribution < 1.29 is 0 Å². The van der Waals surface area contributed by atoms with Crippen LogP contribution in [0.2, 0.25) is 0 Å². The van der Waals surface area contributed by atoms with Crippen LogP contribution in [-0.2, 0) is 5.33 Å². The molecule has 106 valence electrons. The fourth-order valence-corrected chi connectivity index (χ4v) is 3.66. The number of pyridine rings is 1. The Hall–Kier alpha value is -1.09. The number of hydrogen-bond acceptors (Lipinski definition) is 2. The Kier molecular flexibility index (Phi) is 3.97. The molecule has 1 aliphatic heterocycles. The number of halogens is 1. The minimum atomic E-state index is 0.626. The lowest BCUT2D eigenvalue weighted by Gasteiger charge is -2.30. The molecule has 3 rings (SSSR count). The van der Waals surface area contributed by atoms with Gasteiger partial charge in [0.2, 0.25) is 0 Å². The summed E-state index contributed by atoms with van der Waals surface area (Å²) in [4.78, 5) is 7.48. The van der Waals surface area contributed by atoms with E-state index in [-0.39, 0.29) is 0 Å². The van der Waals surface area contributed by atoms with Gasteiger partial charge in [-0.15, -0.1) is 0 Å². The smallest absolute Gasteiger partial charge is 0.133 e. The first-order valence-corrected chi connectivity index (χ1v) is 8.54. The summed E-state index contributed by atoms with van der Waals surface area (Å²) in [6.07, 6.45) is 2.56. The topological polar surface area (TPSA) is 16.1 Å². The molecule has 0 spiro atoms. The lowest BCUT2D eigenvalue weighted by atomic mass is 10.0. The van der Waals surface area contributed by atoms with Crippen LogP contribution in [0.1, 0.15) is 32.3 Å². The third-order valence-corrected chi connectivity index (χ3v) is 4.87. The SMILES string of the molecule is CC(C)C1CCCN1c1nc2ccccc2cc1CBr. The Bertz CT molecular complexity index is 609. The van der Waals surface area contributed by atoms with Crippen LogP contribution in [0.15, 0.2) is 30.3 Å². The van der Waals surface area contributed by atoms with E-state index in [1.54, 1.807) is 0 Å². The van der Waals surface area contributed by atoms with Crippen LogP contribution in [0.4, 0.5) is 5.82 Å². The zero-order valence-corrected chi connectivity index (χ0v) is 13.7. The summed E-state index contributed by atoms with van der Waals surface area (Å²) in [5.41, 5.74) is 2.40. The first kappa shape index (κ1) is 13.9. The number of aromatic nitrogens is 1. The van der Waals surface area contributed by atoms with Crippen LogP contribution in [0.3, 0.4) is 0 Å². The number of rotatable bonds is 3. The summed E-state index contributed by atoms with van der Waals surface area (Å²) in [5, 5.41) is 2.09. The van der Waals surface area contributed by atoms with Gasteiger partial charge in [0.1, 0.15) is 5.82 Å². The molecule has 2 heterocycles. The molecule has 1 saturated heterocycles. The molecule has 0 bridgehead atoms. The highest BCUT2D eigenvalue weighted by Gasteiger charge is 2.29. The fourth-order valence-electron chi connectivity index (χ4n) is 3.25. The molecule has 20 heavy (non-hydrogen) atoms. The molecular formula is C17H21BrN2. The number of hydrogen-bond donors (Lipinski definition) is 0.